The van der Waals surface area contributed by atoms with Crippen LogP contribution in [0.5, 0.6) is 0 Å². The summed E-state index contributed by atoms with van der Waals surface area (Å²) >= 11 is 5.93. The quantitative estimate of drug-likeness (QED) is 0.160. The molecule has 0 saturated carbocycles. The van der Waals surface area contributed by atoms with Crippen molar-refractivity contribution < 1.29 is 19.5 Å². The van der Waals surface area contributed by atoms with Crippen molar-refractivity contribution in [3.8, 4) is 33.8 Å². The molecule has 6 heterocycles. The molecule has 0 atom stereocenters. The molecule has 3 aliphatic heterocycles. The van der Waals surface area contributed by atoms with E-state index in [4.69, 9.17) is 16.7 Å². The summed E-state index contributed by atoms with van der Waals surface area (Å²) in [6.07, 6.45) is 4.99. The van der Waals surface area contributed by atoms with Gasteiger partial charge in [-0.1, -0.05) is 77.8 Å². The summed E-state index contributed by atoms with van der Waals surface area (Å²) in [5.74, 6) is 2.18. The Morgan fingerprint density at radius 1 is 0.532 bits per heavy atom. The number of aliphatic hydroxyl groups excluding tert-OH is 1. The number of likely N-dealkylation sites (N-methyl/N-ethyl adjacent to an activating group) is 2. The summed E-state index contributed by atoms with van der Waals surface area (Å²) in [5, 5.41) is 37.6. The smallest absolute Gasteiger partial charge is 0.245 e. The molecule has 3 saturated heterocycles. The second-order valence-electron chi connectivity index (χ2n) is 19.7. The molecule has 3 aromatic carbocycles. The third-order valence-electron chi connectivity index (χ3n) is 13.1. The SMILES string of the molecule is CC(C)NC(=O)CN1CCN(c2nncc(-c3ccc(CO)cc3)n2)CC1.CN(C)C(=O)CN1CCN(c2nncc(-c3ccc(Cl)cc3)n2)CC1.Cc1ccc(-c2cnnc(N3CCN(CC(=O)N(C)C)CC3)n2)cc1. The van der Waals surface area contributed by atoms with Crippen LogP contribution in [0.1, 0.15) is 25.0 Å². The van der Waals surface area contributed by atoms with E-state index in [1.165, 1.54) is 5.56 Å². The molecule has 3 aliphatic rings. The van der Waals surface area contributed by atoms with E-state index in [2.05, 4.69) is 99.3 Å². The Morgan fingerprint density at radius 2 is 0.870 bits per heavy atom. The molecule has 22 nitrogen and oxygen atoms in total. The minimum absolute atomic E-state index is 0.0209. The van der Waals surface area contributed by atoms with E-state index < -0.39 is 0 Å². The summed E-state index contributed by atoms with van der Waals surface area (Å²) < 4.78 is 0. The van der Waals surface area contributed by atoms with E-state index in [1.54, 1.807) is 56.6 Å². The average molecular weight is 1070 g/mol. The Labute approximate surface area is 456 Å². The van der Waals surface area contributed by atoms with Crippen molar-refractivity contribution in [3.63, 3.8) is 0 Å². The van der Waals surface area contributed by atoms with Crippen molar-refractivity contribution in [2.24, 2.45) is 0 Å². The average Bonchev–Trinajstić information content (AvgIpc) is 3.44. The van der Waals surface area contributed by atoms with Gasteiger partial charge in [-0.25, -0.2) is 15.0 Å². The molecule has 0 aliphatic carbocycles. The molecule has 0 radical (unpaired) electrons. The minimum Gasteiger partial charge on any atom is -0.392 e. The van der Waals surface area contributed by atoms with Gasteiger partial charge in [-0.3, -0.25) is 29.1 Å². The fraction of sp³-hybridized carbons (Fsp3) is 0.444. The molecule has 0 bridgehead atoms. The van der Waals surface area contributed by atoms with Gasteiger partial charge >= 0.3 is 0 Å². The zero-order chi connectivity index (χ0) is 54.8. The van der Waals surface area contributed by atoms with Crippen molar-refractivity contribution in [2.45, 2.75) is 33.4 Å². The van der Waals surface area contributed by atoms with Crippen LogP contribution in [0.25, 0.3) is 33.8 Å². The Morgan fingerprint density at radius 3 is 1.21 bits per heavy atom. The Balaban J connectivity index is 0.000000168. The molecule has 3 amide bonds. The number of aliphatic hydroxyl groups is 1. The second-order valence-corrected chi connectivity index (χ2v) is 20.2. The predicted molar refractivity (Wildman–Crippen MR) is 298 cm³/mol. The molecular formula is C54H71ClN18O4. The standard InChI is InChI=1S/C19H26N6O2.C18H24N6O.C17H21ClN6O/c1-14(2)21-18(27)12-24-7-9-25(10-8-24)19-22-17(11-20-23-19)16-5-3-15(13-26)4-6-16;1-14-4-6-15(7-5-14)16-12-19-21-18(20-16)24-10-8-23(9-11-24)13-17(25)22(2)3;1-22(2)16(25)12-23-7-9-24(10-8-23)17-20-15(11-19-21-17)13-3-5-14(18)6-4-13/h3-6,11,14,26H,7-10,12-13H2,1-2H3,(H,21,27);4-7,12H,8-11,13H2,1-3H3;3-6,11H,7-10,12H2,1-2H3. The maximum atomic E-state index is 11.9. The van der Waals surface area contributed by atoms with Crippen LogP contribution in [0.3, 0.4) is 0 Å². The largest absolute Gasteiger partial charge is 0.392 e. The van der Waals surface area contributed by atoms with Crippen LogP contribution >= 0.6 is 11.6 Å². The van der Waals surface area contributed by atoms with Crippen molar-refractivity contribution in [3.05, 3.63) is 108 Å². The molecule has 3 fully saturated rings. The van der Waals surface area contributed by atoms with Crippen LogP contribution < -0.4 is 20.0 Å². The van der Waals surface area contributed by atoms with Crippen LogP contribution in [-0.4, -0.2) is 225 Å². The van der Waals surface area contributed by atoms with Gasteiger partial charge in [0, 0.05) is 134 Å². The number of piperazine rings is 3. The van der Waals surface area contributed by atoms with Crippen LogP contribution in [0, 0.1) is 6.92 Å². The molecule has 408 valence electrons. The number of anilines is 3. The van der Waals surface area contributed by atoms with Crippen molar-refractivity contribution in [1.29, 1.82) is 0 Å². The van der Waals surface area contributed by atoms with E-state index >= 15 is 0 Å². The molecule has 3 aromatic heterocycles. The maximum absolute atomic E-state index is 11.9. The summed E-state index contributed by atoms with van der Waals surface area (Å²) in [5.41, 5.74) is 7.36. The van der Waals surface area contributed by atoms with Crippen molar-refractivity contribution in [2.75, 3.05) is 141 Å². The third kappa shape index (κ3) is 17.3. The lowest BCUT2D eigenvalue weighted by molar-refractivity contribution is -0.130. The number of carbonyl (C=O) groups is 3. The van der Waals surface area contributed by atoms with Crippen LogP contribution in [-0.2, 0) is 21.0 Å². The minimum atomic E-state index is 0.0209. The summed E-state index contributed by atoms with van der Waals surface area (Å²) in [4.78, 5) is 65.5. The fourth-order valence-electron chi connectivity index (χ4n) is 8.38. The van der Waals surface area contributed by atoms with Gasteiger partial charge in [-0.05, 0) is 38.5 Å². The van der Waals surface area contributed by atoms with Gasteiger partial charge in [0.05, 0.1) is 61.9 Å². The Bertz CT molecular complexity index is 2690. The molecule has 6 aromatic rings. The van der Waals surface area contributed by atoms with E-state index in [1.807, 2.05) is 74.5 Å². The lowest BCUT2D eigenvalue weighted by Gasteiger charge is -2.34. The number of amides is 3. The van der Waals surface area contributed by atoms with Gasteiger partial charge in [0.15, 0.2) is 0 Å². The first-order valence-electron chi connectivity index (χ1n) is 25.8. The van der Waals surface area contributed by atoms with Crippen LogP contribution in [0.4, 0.5) is 17.8 Å². The van der Waals surface area contributed by atoms with Gasteiger partial charge < -0.3 is 34.9 Å². The highest BCUT2D eigenvalue weighted by Crippen LogP contribution is 2.23. The maximum Gasteiger partial charge on any atom is 0.245 e. The summed E-state index contributed by atoms with van der Waals surface area (Å²) in [7, 11) is 7.13. The fourth-order valence-corrected chi connectivity index (χ4v) is 8.51. The summed E-state index contributed by atoms with van der Waals surface area (Å²) in [6, 6.07) is 23.5. The van der Waals surface area contributed by atoms with Gasteiger partial charge in [-0.2, -0.15) is 15.3 Å². The van der Waals surface area contributed by atoms with E-state index in [0.29, 0.717) is 42.5 Å². The number of hydrogen-bond donors (Lipinski definition) is 2. The highest BCUT2D eigenvalue weighted by Gasteiger charge is 2.25. The van der Waals surface area contributed by atoms with Gasteiger partial charge in [0.25, 0.3) is 0 Å². The first-order valence-corrected chi connectivity index (χ1v) is 26.2. The molecule has 0 spiro atoms. The second kappa shape index (κ2) is 28.1. The van der Waals surface area contributed by atoms with Gasteiger partial charge in [0.1, 0.15) is 0 Å². The number of halogens is 1. The molecule has 9 rings (SSSR count). The highest BCUT2D eigenvalue weighted by atomic mass is 35.5. The first-order chi connectivity index (χ1) is 37.1. The summed E-state index contributed by atoms with van der Waals surface area (Å²) in [6.45, 7) is 16.8. The van der Waals surface area contributed by atoms with E-state index in [-0.39, 0.29) is 30.4 Å². The topological polar surface area (TPSA) is 225 Å². The highest BCUT2D eigenvalue weighted by molar-refractivity contribution is 6.30. The lowest BCUT2D eigenvalue weighted by Crippen LogP contribution is -2.50. The molecule has 23 heteroatoms. The number of nitrogens with zero attached hydrogens (tertiary/aromatic N) is 17. The first kappa shape index (κ1) is 57.3. The zero-order valence-corrected chi connectivity index (χ0v) is 46.0. The van der Waals surface area contributed by atoms with E-state index in [0.717, 1.165) is 118 Å². The van der Waals surface area contributed by atoms with Crippen LogP contribution in [0.2, 0.25) is 5.02 Å². The molecule has 2 N–H and O–H groups in total. The number of aryl methyl sites for hydroxylation is 1. The monoisotopic (exact) mass is 1070 g/mol. The number of benzene rings is 3. The number of carbonyl (C=O) groups excluding carboxylic acids is 3. The zero-order valence-electron chi connectivity index (χ0n) is 45.2. The lowest BCUT2D eigenvalue weighted by atomic mass is 10.1. The van der Waals surface area contributed by atoms with E-state index in [9.17, 15) is 14.4 Å². The number of hydrogen-bond acceptors (Lipinski definition) is 19. The van der Waals surface area contributed by atoms with Gasteiger partial charge in [0.2, 0.25) is 35.6 Å². The Hall–Kier alpha value is -7.37. The van der Waals surface area contributed by atoms with Crippen molar-refractivity contribution >= 4 is 47.2 Å². The number of aromatic nitrogens is 9. The van der Waals surface area contributed by atoms with Crippen molar-refractivity contribution in [1.82, 2.24) is 75.4 Å². The normalized spacial score (nSPS) is 15.2. The number of rotatable bonds is 14. The molecular weight excluding hydrogens is 1000 g/mol. The number of nitrogens with one attached hydrogen (secondary N) is 1. The molecule has 0 unspecified atom stereocenters. The third-order valence-corrected chi connectivity index (χ3v) is 13.3. The predicted octanol–water partition coefficient (Wildman–Crippen LogP) is 3.14. The molecule has 77 heavy (non-hydrogen) atoms. The van der Waals surface area contributed by atoms with Gasteiger partial charge in [-0.15, -0.1) is 15.3 Å². The Kier molecular flexibility index (Phi) is 20.9. The van der Waals surface area contributed by atoms with Crippen LogP contribution in [0.15, 0.2) is 91.4 Å².